The van der Waals surface area contributed by atoms with E-state index in [-0.39, 0.29) is 0 Å². The van der Waals surface area contributed by atoms with Gasteiger partial charge in [-0.25, -0.2) is 0 Å². The maximum atomic E-state index is 5.35. The van der Waals surface area contributed by atoms with E-state index in [9.17, 15) is 0 Å². The van der Waals surface area contributed by atoms with Gasteiger partial charge >= 0.3 is 48.5 Å². The summed E-state index contributed by atoms with van der Waals surface area (Å²) in [6, 6.07) is 0. The summed E-state index contributed by atoms with van der Waals surface area (Å²) in [5.41, 5.74) is 0. The Bertz CT molecular complexity index is 55.8. The third-order valence-corrected chi connectivity index (χ3v) is 0. The second kappa shape index (κ2) is 2.00. The number of hydrogen-bond donors (Lipinski definition) is 0. The van der Waals surface area contributed by atoms with E-state index < -0.39 is 4.21 Å². The van der Waals surface area contributed by atoms with Gasteiger partial charge < -0.3 is 0 Å². The van der Waals surface area contributed by atoms with Crippen LogP contribution in [0.5, 0.6) is 0 Å². The maximum absolute atomic E-state index is 5.35. The molecule has 0 aromatic carbocycles. The van der Waals surface area contributed by atoms with Gasteiger partial charge in [0.25, 0.3) is 0 Å². The van der Waals surface area contributed by atoms with E-state index >= 15 is 0 Å². The van der Waals surface area contributed by atoms with Gasteiger partial charge in [-0.3, -0.25) is 0 Å². The Balaban J connectivity index is 3.47. The zero-order valence-electron chi connectivity index (χ0n) is 2.61. The molecular weight excluding hydrogens is 193 g/mol. The molecule has 0 heterocycles. The molecular formula is CH3Cl2PSe. The summed E-state index contributed by atoms with van der Waals surface area (Å²) in [7, 11) is 0. The fourth-order valence-corrected chi connectivity index (χ4v) is 0. The van der Waals surface area contributed by atoms with Crippen molar-refractivity contribution in [2.45, 2.75) is 0 Å². The van der Waals surface area contributed by atoms with Crippen LogP contribution < -0.4 is 0 Å². The van der Waals surface area contributed by atoms with E-state index in [0.29, 0.717) is 0 Å². The molecule has 4 heteroatoms. The van der Waals surface area contributed by atoms with E-state index in [4.69, 9.17) is 22.5 Å². The van der Waals surface area contributed by atoms with Crippen LogP contribution in [-0.2, 0) is 0 Å². The molecule has 0 aromatic rings. The van der Waals surface area contributed by atoms with E-state index in [2.05, 4.69) is 15.1 Å². The average Bonchev–Trinajstić information content (AvgIpc) is 0.722. The first-order valence-corrected chi connectivity index (χ1v) is 7.23. The molecule has 0 nitrogen and oxygen atoms in total. The van der Waals surface area contributed by atoms with Gasteiger partial charge in [-0.15, -0.1) is 0 Å². The molecule has 0 saturated carbocycles. The summed E-state index contributed by atoms with van der Waals surface area (Å²) in [4.78, 5) is 0. The zero-order valence-corrected chi connectivity index (χ0v) is 6.73. The first kappa shape index (κ1) is 6.53. The number of halogens is 2. The monoisotopic (exact) mass is 196 g/mol. The van der Waals surface area contributed by atoms with E-state index in [0.717, 1.165) is 0 Å². The van der Waals surface area contributed by atoms with Crippen LogP contribution in [0.3, 0.4) is 0 Å². The second-order valence-electron chi connectivity index (χ2n) is 0.723. The molecule has 0 spiro atoms. The average molecular weight is 196 g/mol. The summed E-state index contributed by atoms with van der Waals surface area (Å²) in [5, 5.41) is 0. The van der Waals surface area contributed by atoms with Gasteiger partial charge in [-0.1, -0.05) is 0 Å². The number of hydrogen-bond acceptors (Lipinski definition) is 0. The van der Waals surface area contributed by atoms with Crippen molar-refractivity contribution in [3.8, 4) is 0 Å². The quantitative estimate of drug-likeness (QED) is 0.410. The van der Waals surface area contributed by atoms with Crippen LogP contribution >= 0.6 is 26.7 Å². The minimum absolute atomic E-state index is 1.57. The SMILES string of the molecule is CP(Cl)(Cl)=[Se]. The van der Waals surface area contributed by atoms with Gasteiger partial charge in [-0.05, 0) is 0 Å². The summed E-state index contributed by atoms with van der Waals surface area (Å²) in [5.74, 6) is 0. The van der Waals surface area contributed by atoms with Crippen LogP contribution in [0.15, 0.2) is 0 Å². The van der Waals surface area contributed by atoms with Crippen LogP contribution in [0.4, 0.5) is 0 Å². The number of rotatable bonds is 0. The molecule has 0 unspecified atom stereocenters. The summed E-state index contributed by atoms with van der Waals surface area (Å²) in [6.45, 7) is 1.77. The Kier molecular flexibility index (Phi) is 2.61. The van der Waals surface area contributed by atoms with E-state index in [1.165, 1.54) is 0 Å². The van der Waals surface area contributed by atoms with Crippen LogP contribution in [0.1, 0.15) is 0 Å². The Hall–Kier alpha value is 1.53. The molecule has 0 aliphatic rings. The van der Waals surface area contributed by atoms with Crippen molar-refractivity contribution in [2.24, 2.45) is 0 Å². The van der Waals surface area contributed by atoms with Crippen molar-refractivity contribution >= 4 is 41.8 Å². The summed E-state index contributed by atoms with van der Waals surface area (Å²) in [6.07, 6.45) is 0. The van der Waals surface area contributed by atoms with Crippen molar-refractivity contribution < 1.29 is 0 Å². The first-order chi connectivity index (χ1) is 2.00. The molecule has 0 radical (unpaired) electrons. The molecule has 0 bridgehead atoms. The molecule has 5 heavy (non-hydrogen) atoms. The van der Waals surface area contributed by atoms with Gasteiger partial charge in [0.15, 0.2) is 0 Å². The predicted molar refractivity (Wildman–Crippen MR) is 30.3 cm³/mol. The molecule has 0 rings (SSSR count). The van der Waals surface area contributed by atoms with E-state index in [1.807, 2.05) is 0 Å². The van der Waals surface area contributed by atoms with Crippen LogP contribution in [0.2, 0.25) is 0 Å². The molecule has 0 fully saturated rings. The molecule has 0 N–H and O–H groups in total. The molecule has 0 aliphatic heterocycles. The van der Waals surface area contributed by atoms with Gasteiger partial charge in [0.2, 0.25) is 0 Å². The van der Waals surface area contributed by atoms with Gasteiger partial charge in [0.05, 0.1) is 0 Å². The second-order valence-corrected chi connectivity index (χ2v) is 14.1. The summed E-state index contributed by atoms with van der Waals surface area (Å²) < 4.78 is -1.57. The molecule has 32 valence electrons. The van der Waals surface area contributed by atoms with Gasteiger partial charge in [-0.2, -0.15) is 0 Å². The molecule has 0 atom stereocenters. The topological polar surface area (TPSA) is 0 Å². The van der Waals surface area contributed by atoms with Crippen molar-refractivity contribution in [1.82, 2.24) is 0 Å². The van der Waals surface area contributed by atoms with Crippen molar-refractivity contribution in [3.63, 3.8) is 0 Å². The predicted octanol–water partition coefficient (Wildman–Crippen LogP) is 2.02. The Labute approximate surface area is 48.6 Å². The first-order valence-electron chi connectivity index (χ1n) is 0.968. The van der Waals surface area contributed by atoms with Crippen LogP contribution in [0, 0.1) is 0 Å². The fraction of sp³-hybridized carbons (Fsp3) is 1.00. The van der Waals surface area contributed by atoms with Gasteiger partial charge in [0.1, 0.15) is 0 Å². The molecule has 0 saturated heterocycles. The van der Waals surface area contributed by atoms with Gasteiger partial charge in [0, 0.05) is 0 Å². The minimum atomic E-state index is -1.57. The zero-order chi connectivity index (χ0) is 4.50. The third kappa shape index (κ3) is 29.4. The molecule has 0 aromatic heterocycles. The van der Waals surface area contributed by atoms with Crippen molar-refractivity contribution in [2.75, 3.05) is 6.66 Å². The molecule has 0 aliphatic carbocycles. The standard InChI is InChI=1S/CH3Cl2PSe/c1-4(2,3)5/h1H3. The van der Waals surface area contributed by atoms with Crippen LogP contribution in [-0.4, -0.2) is 21.8 Å². The van der Waals surface area contributed by atoms with Crippen molar-refractivity contribution in [1.29, 1.82) is 0 Å². The Morgan fingerprint density at radius 1 is 1.60 bits per heavy atom. The Morgan fingerprint density at radius 3 is 1.60 bits per heavy atom. The van der Waals surface area contributed by atoms with Crippen molar-refractivity contribution in [3.05, 3.63) is 0 Å². The Morgan fingerprint density at radius 2 is 1.60 bits per heavy atom. The summed E-state index contributed by atoms with van der Waals surface area (Å²) >= 11 is 13.3. The molecule has 0 amide bonds. The van der Waals surface area contributed by atoms with E-state index in [1.54, 1.807) is 6.66 Å². The third-order valence-electron chi connectivity index (χ3n) is 0. The fourth-order valence-electron chi connectivity index (χ4n) is 0. The normalized spacial score (nSPS) is 11.8. The van der Waals surface area contributed by atoms with Crippen LogP contribution in [0.25, 0.3) is 0 Å².